The maximum absolute atomic E-state index is 14.2. The third kappa shape index (κ3) is 5.17. The van der Waals surface area contributed by atoms with Gasteiger partial charge < -0.3 is 5.21 Å². The SMILES string of the molecule is CCCCc1ccc(-c2cc3sc(C#Cc4cc(F)c(/C(Cl)=N/O)c(F)c4)cc3s2)c(CC)c1. The Morgan fingerprint density at radius 1 is 1.00 bits per heavy atom. The minimum atomic E-state index is -0.934. The molecular weight excluding hydrogens is 492 g/mol. The van der Waals surface area contributed by atoms with E-state index in [0.29, 0.717) is 0 Å². The summed E-state index contributed by atoms with van der Waals surface area (Å²) in [5.74, 6) is 3.93. The van der Waals surface area contributed by atoms with E-state index in [1.807, 2.05) is 6.07 Å². The average molecular weight is 514 g/mol. The second-order valence-corrected chi connectivity index (χ2v) is 10.4. The highest BCUT2D eigenvalue weighted by Gasteiger charge is 2.16. The van der Waals surface area contributed by atoms with Crippen molar-refractivity contribution >= 4 is 48.8 Å². The molecule has 1 N–H and O–H groups in total. The molecule has 0 atom stereocenters. The average Bonchev–Trinajstić information content (AvgIpc) is 3.39. The van der Waals surface area contributed by atoms with Crippen molar-refractivity contribution in [3.05, 3.63) is 81.2 Å². The molecule has 4 rings (SSSR count). The number of oxime groups is 1. The van der Waals surface area contributed by atoms with Gasteiger partial charge in [-0.15, -0.1) is 22.7 Å². The van der Waals surface area contributed by atoms with Gasteiger partial charge in [-0.25, -0.2) is 8.78 Å². The van der Waals surface area contributed by atoms with E-state index < -0.39 is 22.4 Å². The van der Waals surface area contributed by atoms with Crippen molar-refractivity contribution in [3.8, 4) is 22.3 Å². The first-order valence-corrected chi connectivity index (χ1v) is 13.0. The van der Waals surface area contributed by atoms with Gasteiger partial charge in [-0.05, 0) is 60.2 Å². The summed E-state index contributed by atoms with van der Waals surface area (Å²) in [5, 5.41) is 10.7. The summed E-state index contributed by atoms with van der Waals surface area (Å²) < 4.78 is 30.6. The van der Waals surface area contributed by atoms with Crippen LogP contribution in [0.2, 0.25) is 0 Å². The van der Waals surface area contributed by atoms with Crippen LogP contribution in [0.15, 0.2) is 47.6 Å². The Morgan fingerprint density at radius 3 is 2.38 bits per heavy atom. The van der Waals surface area contributed by atoms with Crippen molar-refractivity contribution in [1.29, 1.82) is 0 Å². The van der Waals surface area contributed by atoms with Crippen LogP contribution in [0, 0.1) is 23.5 Å². The molecule has 0 unspecified atom stereocenters. The zero-order chi connectivity index (χ0) is 24.2. The lowest BCUT2D eigenvalue weighted by atomic mass is 9.98. The number of unbranched alkanes of at least 4 members (excludes halogenated alkanes) is 1. The highest BCUT2D eigenvalue weighted by atomic mass is 35.5. The Kier molecular flexibility index (Phi) is 7.67. The van der Waals surface area contributed by atoms with E-state index in [2.05, 4.69) is 55.1 Å². The number of thiophene rings is 2. The summed E-state index contributed by atoms with van der Waals surface area (Å²) in [5.41, 5.74) is 3.63. The number of hydrogen-bond acceptors (Lipinski definition) is 4. The molecular formula is C27H22ClF2NOS2. The van der Waals surface area contributed by atoms with Crippen LogP contribution >= 0.6 is 34.3 Å². The molecule has 0 radical (unpaired) electrons. The van der Waals surface area contributed by atoms with Crippen LogP contribution in [0.25, 0.3) is 19.8 Å². The minimum absolute atomic E-state index is 0.175. The van der Waals surface area contributed by atoms with E-state index in [1.54, 1.807) is 22.7 Å². The number of fused-ring (bicyclic) bond motifs is 1. The molecule has 2 aromatic carbocycles. The maximum Gasteiger partial charge on any atom is 0.181 e. The van der Waals surface area contributed by atoms with Crippen molar-refractivity contribution < 1.29 is 14.0 Å². The minimum Gasteiger partial charge on any atom is -0.410 e. The molecule has 4 aromatic rings. The van der Waals surface area contributed by atoms with Gasteiger partial charge in [0.25, 0.3) is 0 Å². The molecule has 34 heavy (non-hydrogen) atoms. The van der Waals surface area contributed by atoms with Crippen molar-refractivity contribution in [2.45, 2.75) is 39.5 Å². The van der Waals surface area contributed by atoms with Crippen LogP contribution in [0.1, 0.15) is 53.8 Å². The lowest BCUT2D eigenvalue weighted by Crippen LogP contribution is -2.01. The molecule has 0 bridgehead atoms. The molecule has 0 aliphatic rings. The van der Waals surface area contributed by atoms with Crippen molar-refractivity contribution in [1.82, 2.24) is 0 Å². The van der Waals surface area contributed by atoms with E-state index in [9.17, 15) is 8.78 Å². The molecule has 7 heteroatoms. The highest BCUT2D eigenvalue weighted by Crippen LogP contribution is 2.39. The van der Waals surface area contributed by atoms with Crippen molar-refractivity contribution in [2.75, 3.05) is 0 Å². The fourth-order valence-corrected chi connectivity index (χ4v) is 6.26. The third-order valence-electron chi connectivity index (χ3n) is 5.51. The summed E-state index contributed by atoms with van der Waals surface area (Å²) in [7, 11) is 0. The van der Waals surface area contributed by atoms with Gasteiger partial charge >= 0.3 is 0 Å². The van der Waals surface area contributed by atoms with Crippen LogP contribution in [-0.4, -0.2) is 10.4 Å². The van der Waals surface area contributed by atoms with E-state index in [4.69, 9.17) is 16.8 Å². The fourth-order valence-electron chi connectivity index (χ4n) is 3.77. The molecule has 0 fully saturated rings. The molecule has 0 spiro atoms. The number of aryl methyl sites for hydroxylation is 2. The normalized spacial score (nSPS) is 11.6. The third-order valence-corrected chi connectivity index (χ3v) is 8.01. The standard InChI is InChI=1S/C27H22ClF2NOS2/c1-3-5-6-16-8-10-20(18(4-2)11-16)23-15-25-24(34-23)14-19(33-25)9-7-17-12-21(29)26(22(30)13-17)27(28)31-32/h8,10-15,32H,3-6H2,1-2H3/b31-27-. The van der Waals surface area contributed by atoms with E-state index in [-0.39, 0.29) is 5.56 Å². The number of benzene rings is 2. The number of hydrogen-bond donors (Lipinski definition) is 1. The Morgan fingerprint density at radius 2 is 1.74 bits per heavy atom. The predicted octanol–water partition coefficient (Wildman–Crippen LogP) is 8.59. The largest absolute Gasteiger partial charge is 0.410 e. The Bertz CT molecular complexity index is 1390. The summed E-state index contributed by atoms with van der Waals surface area (Å²) in [6.45, 7) is 4.40. The molecule has 174 valence electrons. The zero-order valence-corrected chi connectivity index (χ0v) is 21.1. The van der Waals surface area contributed by atoms with E-state index in [1.165, 1.54) is 34.4 Å². The van der Waals surface area contributed by atoms with Gasteiger partial charge in [0, 0.05) is 19.8 Å². The molecule has 2 heterocycles. The lowest BCUT2D eigenvalue weighted by molar-refractivity contribution is 0.320. The number of rotatable bonds is 6. The van der Waals surface area contributed by atoms with Crippen LogP contribution < -0.4 is 0 Å². The van der Waals surface area contributed by atoms with Gasteiger partial charge in [0.05, 0.1) is 10.4 Å². The van der Waals surface area contributed by atoms with E-state index in [0.717, 1.165) is 39.3 Å². The number of halogens is 3. The maximum atomic E-state index is 14.2. The van der Waals surface area contributed by atoms with E-state index >= 15 is 0 Å². The van der Waals surface area contributed by atoms with Crippen LogP contribution in [0.5, 0.6) is 0 Å². The van der Waals surface area contributed by atoms with Gasteiger partial charge in [0.1, 0.15) is 11.6 Å². The molecule has 2 nitrogen and oxygen atoms in total. The van der Waals surface area contributed by atoms with Crippen molar-refractivity contribution in [3.63, 3.8) is 0 Å². The van der Waals surface area contributed by atoms with Gasteiger partial charge in [0.15, 0.2) is 5.17 Å². The van der Waals surface area contributed by atoms with Crippen molar-refractivity contribution in [2.24, 2.45) is 5.16 Å². The molecule has 0 aliphatic carbocycles. The van der Waals surface area contributed by atoms with Gasteiger partial charge in [-0.3, -0.25) is 0 Å². The fraction of sp³-hybridized carbons (Fsp3) is 0.222. The van der Waals surface area contributed by atoms with Gasteiger partial charge in [0.2, 0.25) is 0 Å². The summed E-state index contributed by atoms with van der Waals surface area (Å²) in [4.78, 5) is 2.06. The topological polar surface area (TPSA) is 32.6 Å². The second kappa shape index (κ2) is 10.7. The smallest absolute Gasteiger partial charge is 0.181 e. The lowest BCUT2D eigenvalue weighted by Gasteiger charge is -2.09. The predicted molar refractivity (Wildman–Crippen MR) is 140 cm³/mol. The first-order chi connectivity index (χ1) is 16.4. The summed E-state index contributed by atoms with van der Waals surface area (Å²) in [6.07, 6.45) is 4.50. The monoisotopic (exact) mass is 513 g/mol. The van der Waals surface area contributed by atoms with Crippen LogP contribution in [-0.2, 0) is 12.8 Å². The molecule has 0 amide bonds. The Labute approximate surface area is 210 Å². The molecule has 0 aliphatic heterocycles. The number of nitrogens with zero attached hydrogens (tertiary/aromatic N) is 1. The van der Waals surface area contributed by atoms with Crippen LogP contribution in [0.3, 0.4) is 0 Å². The molecule has 0 saturated carbocycles. The first-order valence-electron chi connectivity index (χ1n) is 11.0. The van der Waals surface area contributed by atoms with Gasteiger partial charge in [-0.1, -0.05) is 67.1 Å². The Balaban J connectivity index is 1.59. The first kappa shape index (κ1) is 24.4. The summed E-state index contributed by atoms with van der Waals surface area (Å²) in [6, 6.07) is 13.2. The zero-order valence-electron chi connectivity index (χ0n) is 18.7. The molecule has 2 aromatic heterocycles. The van der Waals surface area contributed by atoms with Gasteiger partial charge in [-0.2, -0.15) is 0 Å². The quantitative estimate of drug-likeness (QED) is 0.119. The second-order valence-electron chi connectivity index (χ2n) is 7.85. The Hall–Kier alpha value is -2.72. The summed E-state index contributed by atoms with van der Waals surface area (Å²) >= 11 is 8.84. The van der Waals surface area contributed by atoms with Crippen LogP contribution in [0.4, 0.5) is 8.78 Å². The molecule has 0 saturated heterocycles. The highest BCUT2D eigenvalue weighted by molar-refractivity contribution is 7.29.